The number of hydrogen-bond donors (Lipinski definition) is 2. The molecule has 0 saturated heterocycles. The number of nitrogens with one attached hydrogen (secondary N) is 2. The number of carbonyl (C=O) groups excluding carboxylic acids is 1. The molecule has 0 aliphatic heterocycles. The van der Waals surface area contributed by atoms with Gasteiger partial charge in [-0.1, -0.05) is 6.92 Å². The molecule has 128 valence electrons. The first-order valence-electron chi connectivity index (χ1n) is 7.84. The van der Waals surface area contributed by atoms with Gasteiger partial charge in [0.1, 0.15) is 29.6 Å². The van der Waals surface area contributed by atoms with Crippen LogP contribution in [0.25, 0.3) is 0 Å². The summed E-state index contributed by atoms with van der Waals surface area (Å²) in [4.78, 5) is 20.0. The van der Waals surface area contributed by atoms with Gasteiger partial charge in [0.05, 0.1) is 26.0 Å². The lowest BCUT2D eigenvalue weighted by atomic mass is 10.3. The van der Waals surface area contributed by atoms with Crippen molar-refractivity contribution in [2.24, 2.45) is 0 Å². The molecule has 0 atom stereocenters. The van der Waals surface area contributed by atoms with Gasteiger partial charge in [0.2, 0.25) is 0 Å². The Balaban J connectivity index is 1.72. The van der Waals surface area contributed by atoms with Crippen LogP contribution in [0, 0.1) is 0 Å². The summed E-state index contributed by atoms with van der Waals surface area (Å²) in [6, 6.07) is 7.39. The van der Waals surface area contributed by atoms with E-state index < -0.39 is 0 Å². The summed E-state index contributed by atoms with van der Waals surface area (Å²) in [7, 11) is 1.62. The lowest BCUT2D eigenvalue weighted by Gasteiger charge is -2.09. The van der Waals surface area contributed by atoms with Crippen LogP contribution in [-0.4, -0.2) is 42.7 Å². The SMILES string of the molecule is CCCNC(=O)c1cnc(NCCOc2ccc(OC)cc2)cn1. The predicted molar refractivity (Wildman–Crippen MR) is 91.6 cm³/mol. The molecule has 0 aliphatic carbocycles. The molecule has 7 heteroatoms. The van der Waals surface area contributed by atoms with E-state index in [9.17, 15) is 4.79 Å². The van der Waals surface area contributed by atoms with Gasteiger partial charge in [-0.25, -0.2) is 9.97 Å². The Morgan fingerprint density at radius 2 is 1.83 bits per heavy atom. The molecule has 2 N–H and O–H groups in total. The molecule has 24 heavy (non-hydrogen) atoms. The van der Waals surface area contributed by atoms with Crippen LogP contribution >= 0.6 is 0 Å². The maximum atomic E-state index is 11.7. The molecular formula is C17H22N4O3. The van der Waals surface area contributed by atoms with E-state index in [0.717, 1.165) is 17.9 Å². The number of carbonyl (C=O) groups is 1. The molecule has 7 nitrogen and oxygen atoms in total. The molecule has 1 aromatic heterocycles. The monoisotopic (exact) mass is 330 g/mol. The van der Waals surface area contributed by atoms with Crippen molar-refractivity contribution in [3.63, 3.8) is 0 Å². The number of aromatic nitrogens is 2. The van der Waals surface area contributed by atoms with Gasteiger partial charge in [-0.05, 0) is 30.7 Å². The lowest BCUT2D eigenvalue weighted by molar-refractivity contribution is 0.0948. The fraction of sp³-hybridized carbons (Fsp3) is 0.353. The molecule has 0 fully saturated rings. The van der Waals surface area contributed by atoms with Gasteiger partial charge in [-0.2, -0.15) is 0 Å². The molecule has 0 aliphatic rings. The van der Waals surface area contributed by atoms with E-state index in [1.807, 2.05) is 31.2 Å². The Kier molecular flexibility index (Phi) is 6.82. The number of methoxy groups -OCH3 is 1. The zero-order valence-electron chi connectivity index (χ0n) is 13.9. The molecule has 2 rings (SSSR count). The van der Waals surface area contributed by atoms with Gasteiger partial charge in [0.15, 0.2) is 0 Å². The van der Waals surface area contributed by atoms with Crippen molar-refractivity contribution < 1.29 is 14.3 Å². The molecule has 2 aromatic rings. The van der Waals surface area contributed by atoms with E-state index in [0.29, 0.717) is 31.2 Å². The molecule has 0 radical (unpaired) electrons. The second-order valence-electron chi connectivity index (χ2n) is 4.99. The van der Waals surface area contributed by atoms with Crippen LogP contribution in [0.3, 0.4) is 0 Å². The van der Waals surface area contributed by atoms with Gasteiger partial charge in [-0.3, -0.25) is 4.79 Å². The van der Waals surface area contributed by atoms with Crippen LogP contribution in [0.2, 0.25) is 0 Å². The van der Waals surface area contributed by atoms with Crippen molar-refractivity contribution in [3.8, 4) is 11.5 Å². The normalized spacial score (nSPS) is 10.1. The molecule has 0 saturated carbocycles. The molecule has 0 spiro atoms. The predicted octanol–water partition coefficient (Wildman–Crippen LogP) is 2.12. The highest BCUT2D eigenvalue weighted by Crippen LogP contribution is 2.16. The summed E-state index contributed by atoms with van der Waals surface area (Å²) in [5.41, 5.74) is 0.309. The zero-order chi connectivity index (χ0) is 17.2. The summed E-state index contributed by atoms with van der Waals surface area (Å²) in [6.07, 6.45) is 3.87. The second-order valence-corrected chi connectivity index (χ2v) is 4.99. The van der Waals surface area contributed by atoms with E-state index in [1.54, 1.807) is 7.11 Å². The third-order valence-electron chi connectivity index (χ3n) is 3.16. The highest BCUT2D eigenvalue weighted by atomic mass is 16.5. The van der Waals surface area contributed by atoms with Crippen LogP contribution in [-0.2, 0) is 0 Å². The first-order chi connectivity index (χ1) is 11.7. The first-order valence-corrected chi connectivity index (χ1v) is 7.84. The van der Waals surface area contributed by atoms with Gasteiger partial charge in [-0.15, -0.1) is 0 Å². The molecule has 0 unspecified atom stereocenters. The van der Waals surface area contributed by atoms with Crippen LogP contribution < -0.4 is 20.1 Å². The van der Waals surface area contributed by atoms with Crippen molar-refractivity contribution in [3.05, 3.63) is 42.4 Å². The van der Waals surface area contributed by atoms with E-state index in [2.05, 4.69) is 20.6 Å². The van der Waals surface area contributed by atoms with Gasteiger partial charge < -0.3 is 20.1 Å². The van der Waals surface area contributed by atoms with Crippen LogP contribution in [0.4, 0.5) is 5.82 Å². The number of anilines is 1. The molecule has 1 heterocycles. The molecule has 0 bridgehead atoms. The fourth-order valence-corrected chi connectivity index (χ4v) is 1.89. The summed E-state index contributed by atoms with van der Waals surface area (Å²) in [6.45, 7) is 3.67. The number of benzene rings is 1. The van der Waals surface area contributed by atoms with Crippen LogP contribution in [0.5, 0.6) is 11.5 Å². The van der Waals surface area contributed by atoms with Crippen molar-refractivity contribution in [2.45, 2.75) is 13.3 Å². The Labute approximate surface area is 141 Å². The van der Waals surface area contributed by atoms with E-state index in [-0.39, 0.29) is 5.91 Å². The Bertz CT molecular complexity index is 629. The van der Waals surface area contributed by atoms with E-state index in [1.165, 1.54) is 12.4 Å². The second kappa shape index (κ2) is 9.34. The Morgan fingerprint density at radius 1 is 1.08 bits per heavy atom. The molecular weight excluding hydrogens is 308 g/mol. The lowest BCUT2D eigenvalue weighted by Crippen LogP contribution is -2.25. The minimum atomic E-state index is -0.210. The first kappa shape index (κ1) is 17.5. The standard InChI is InChI=1S/C17H22N4O3/c1-3-8-19-17(22)15-11-21-16(12-20-15)18-9-10-24-14-6-4-13(23-2)5-7-14/h4-7,11-12H,3,8-10H2,1-2H3,(H,18,21)(H,19,22). The number of rotatable bonds is 9. The average Bonchev–Trinajstić information content (AvgIpc) is 2.64. The summed E-state index contributed by atoms with van der Waals surface area (Å²) in [5, 5.41) is 5.85. The average molecular weight is 330 g/mol. The number of nitrogens with zero attached hydrogens (tertiary/aromatic N) is 2. The minimum Gasteiger partial charge on any atom is -0.497 e. The highest BCUT2D eigenvalue weighted by molar-refractivity contribution is 5.91. The quantitative estimate of drug-likeness (QED) is 0.685. The van der Waals surface area contributed by atoms with Gasteiger partial charge >= 0.3 is 0 Å². The van der Waals surface area contributed by atoms with E-state index >= 15 is 0 Å². The summed E-state index contributed by atoms with van der Waals surface area (Å²) < 4.78 is 10.7. The minimum absolute atomic E-state index is 0.210. The number of amides is 1. The van der Waals surface area contributed by atoms with Crippen LogP contribution in [0.15, 0.2) is 36.7 Å². The van der Waals surface area contributed by atoms with Crippen molar-refractivity contribution in [1.82, 2.24) is 15.3 Å². The third-order valence-corrected chi connectivity index (χ3v) is 3.16. The fourth-order valence-electron chi connectivity index (χ4n) is 1.89. The van der Waals surface area contributed by atoms with Crippen molar-refractivity contribution in [2.75, 3.05) is 32.1 Å². The molecule has 1 aromatic carbocycles. The number of hydrogen-bond acceptors (Lipinski definition) is 6. The van der Waals surface area contributed by atoms with E-state index in [4.69, 9.17) is 9.47 Å². The topological polar surface area (TPSA) is 85.4 Å². The Morgan fingerprint density at radius 3 is 2.46 bits per heavy atom. The summed E-state index contributed by atoms with van der Waals surface area (Å²) in [5.74, 6) is 1.95. The third kappa shape index (κ3) is 5.42. The van der Waals surface area contributed by atoms with Gasteiger partial charge in [0.25, 0.3) is 5.91 Å². The zero-order valence-corrected chi connectivity index (χ0v) is 13.9. The van der Waals surface area contributed by atoms with Crippen molar-refractivity contribution >= 4 is 11.7 Å². The highest BCUT2D eigenvalue weighted by Gasteiger charge is 2.06. The van der Waals surface area contributed by atoms with Gasteiger partial charge in [0, 0.05) is 6.54 Å². The maximum absolute atomic E-state index is 11.7. The maximum Gasteiger partial charge on any atom is 0.271 e. The number of ether oxygens (including phenoxy) is 2. The van der Waals surface area contributed by atoms with Crippen molar-refractivity contribution in [1.29, 1.82) is 0 Å². The molecule has 1 amide bonds. The smallest absolute Gasteiger partial charge is 0.271 e. The summed E-state index contributed by atoms with van der Waals surface area (Å²) >= 11 is 0. The largest absolute Gasteiger partial charge is 0.497 e. The Hall–Kier alpha value is -2.83. The van der Waals surface area contributed by atoms with Crippen LogP contribution in [0.1, 0.15) is 23.8 Å².